The maximum atomic E-state index is 12.5. The number of nitrogens with one attached hydrogen (secondary N) is 3. The maximum absolute atomic E-state index is 12.5. The van der Waals surface area contributed by atoms with E-state index in [9.17, 15) is 4.79 Å². The van der Waals surface area contributed by atoms with Crippen LogP contribution in [0.15, 0.2) is 30.3 Å². The molecule has 26 heavy (non-hydrogen) atoms. The van der Waals surface area contributed by atoms with Crippen LogP contribution >= 0.6 is 24.8 Å². The Morgan fingerprint density at radius 2 is 1.88 bits per heavy atom. The summed E-state index contributed by atoms with van der Waals surface area (Å²) >= 11 is 0. The molecule has 0 saturated carbocycles. The van der Waals surface area contributed by atoms with Gasteiger partial charge in [0.1, 0.15) is 0 Å². The molecule has 0 bridgehead atoms. The van der Waals surface area contributed by atoms with E-state index >= 15 is 0 Å². The fourth-order valence-corrected chi connectivity index (χ4v) is 3.52. The summed E-state index contributed by atoms with van der Waals surface area (Å²) in [4.78, 5) is 12.5. The van der Waals surface area contributed by atoms with Crippen molar-refractivity contribution in [2.75, 3.05) is 19.6 Å². The Hall–Kier alpha value is -0.810. The van der Waals surface area contributed by atoms with Crippen molar-refractivity contribution in [3.05, 3.63) is 35.9 Å². The molecule has 0 radical (unpaired) electrons. The third-order valence-electron chi connectivity index (χ3n) is 5.44. The Labute approximate surface area is 171 Å². The summed E-state index contributed by atoms with van der Waals surface area (Å²) in [6.45, 7) is 9.12. The first kappa shape index (κ1) is 25.2. The largest absolute Gasteiger partial charge is 0.354 e. The standard InChI is InChI=1S/C20H33N3O.2ClH/c1-4-20(5-2,23-16(3)17-10-7-6-8-11-17)15-22-19(24)18-12-9-13-21-14-18;;/h6-8,10-11,16,18,21,23H,4-5,9,12-15H2,1-3H3,(H,22,24);2*1H. The second-order valence-electron chi connectivity index (χ2n) is 7.03. The SMILES string of the molecule is CCC(CC)(CNC(=O)C1CCCNC1)NC(C)c1ccccc1.Cl.Cl. The normalized spacial score (nSPS) is 18.2. The summed E-state index contributed by atoms with van der Waals surface area (Å²) in [5.41, 5.74) is 1.22. The predicted molar refractivity (Wildman–Crippen MR) is 114 cm³/mol. The summed E-state index contributed by atoms with van der Waals surface area (Å²) < 4.78 is 0. The molecule has 1 aromatic rings. The lowest BCUT2D eigenvalue weighted by Gasteiger charge is -2.37. The molecule has 1 fully saturated rings. The Morgan fingerprint density at radius 1 is 1.23 bits per heavy atom. The van der Waals surface area contributed by atoms with Crippen molar-refractivity contribution in [3.8, 4) is 0 Å². The quantitative estimate of drug-likeness (QED) is 0.617. The van der Waals surface area contributed by atoms with Crippen LogP contribution in [0, 0.1) is 5.92 Å². The first-order valence-electron chi connectivity index (χ1n) is 9.41. The monoisotopic (exact) mass is 403 g/mol. The topological polar surface area (TPSA) is 53.2 Å². The van der Waals surface area contributed by atoms with Gasteiger partial charge >= 0.3 is 0 Å². The summed E-state index contributed by atoms with van der Waals surface area (Å²) in [6.07, 6.45) is 4.07. The zero-order chi connectivity index (χ0) is 17.4. The van der Waals surface area contributed by atoms with Gasteiger partial charge in [-0.2, -0.15) is 0 Å². The van der Waals surface area contributed by atoms with Gasteiger partial charge in [0.15, 0.2) is 0 Å². The smallest absolute Gasteiger partial charge is 0.224 e. The summed E-state index contributed by atoms with van der Waals surface area (Å²) in [5, 5.41) is 10.3. The van der Waals surface area contributed by atoms with Crippen LogP contribution in [0.3, 0.4) is 0 Å². The van der Waals surface area contributed by atoms with Gasteiger partial charge in [-0.15, -0.1) is 24.8 Å². The minimum absolute atomic E-state index is 0. The molecule has 3 N–H and O–H groups in total. The van der Waals surface area contributed by atoms with E-state index in [0.717, 1.165) is 38.8 Å². The maximum Gasteiger partial charge on any atom is 0.224 e. The number of hydrogen-bond acceptors (Lipinski definition) is 3. The van der Waals surface area contributed by atoms with Crippen molar-refractivity contribution in [1.29, 1.82) is 0 Å². The lowest BCUT2D eigenvalue weighted by molar-refractivity contribution is -0.125. The fourth-order valence-electron chi connectivity index (χ4n) is 3.52. The van der Waals surface area contributed by atoms with Crippen molar-refractivity contribution in [1.82, 2.24) is 16.0 Å². The Kier molecular flexibility index (Phi) is 12.2. The zero-order valence-corrected chi connectivity index (χ0v) is 17.8. The molecular formula is C20H35Cl2N3O. The van der Waals surface area contributed by atoms with E-state index in [2.05, 4.69) is 61.0 Å². The van der Waals surface area contributed by atoms with E-state index in [1.54, 1.807) is 0 Å². The first-order chi connectivity index (χ1) is 11.6. The van der Waals surface area contributed by atoms with Crippen LogP contribution in [0.4, 0.5) is 0 Å². The van der Waals surface area contributed by atoms with E-state index in [0.29, 0.717) is 6.54 Å². The molecule has 0 aliphatic carbocycles. The Morgan fingerprint density at radius 3 is 2.42 bits per heavy atom. The number of hydrogen-bond donors (Lipinski definition) is 3. The first-order valence-corrected chi connectivity index (χ1v) is 9.41. The number of rotatable bonds is 8. The number of amides is 1. The summed E-state index contributed by atoms with van der Waals surface area (Å²) in [5.74, 6) is 0.319. The van der Waals surface area contributed by atoms with Crippen LogP contribution in [0.2, 0.25) is 0 Å². The zero-order valence-electron chi connectivity index (χ0n) is 16.2. The molecule has 1 saturated heterocycles. The van der Waals surface area contributed by atoms with Crippen molar-refractivity contribution in [2.24, 2.45) is 5.92 Å². The highest BCUT2D eigenvalue weighted by atomic mass is 35.5. The third kappa shape index (κ3) is 7.07. The van der Waals surface area contributed by atoms with E-state index in [4.69, 9.17) is 0 Å². The van der Waals surface area contributed by atoms with Gasteiger partial charge in [-0.1, -0.05) is 44.2 Å². The molecule has 6 heteroatoms. The molecule has 1 aliphatic heterocycles. The van der Waals surface area contributed by atoms with Crippen molar-refractivity contribution in [2.45, 2.75) is 58.0 Å². The fraction of sp³-hybridized carbons (Fsp3) is 0.650. The second-order valence-corrected chi connectivity index (χ2v) is 7.03. The van der Waals surface area contributed by atoms with Crippen LogP contribution in [-0.4, -0.2) is 31.1 Å². The number of piperidine rings is 1. The lowest BCUT2D eigenvalue weighted by atomic mass is 9.90. The molecule has 2 rings (SSSR count). The van der Waals surface area contributed by atoms with Gasteiger partial charge in [-0.3, -0.25) is 4.79 Å². The third-order valence-corrected chi connectivity index (χ3v) is 5.44. The number of carbonyl (C=O) groups is 1. The number of carbonyl (C=O) groups excluding carboxylic acids is 1. The van der Waals surface area contributed by atoms with Gasteiger partial charge in [0.25, 0.3) is 0 Å². The second kappa shape index (κ2) is 12.6. The molecule has 1 amide bonds. The molecule has 0 aromatic heterocycles. The van der Waals surface area contributed by atoms with Gasteiger partial charge in [0, 0.05) is 24.7 Å². The van der Waals surface area contributed by atoms with Crippen molar-refractivity contribution >= 4 is 30.7 Å². The van der Waals surface area contributed by atoms with E-state index < -0.39 is 0 Å². The van der Waals surface area contributed by atoms with Gasteiger partial charge in [0.2, 0.25) is 5.91 Å². The van der Waals surface area contributed by atoms with Gasteiger partial charge < -0.3 is 16.0 Å². The van der Waals surface area contributed by atoms with Crippen LogP contribution < -0.4 is 16.0 Å². The van der Waals surface area contributed by atoms with E-state index in [-0.39, 0.29) is 48.2 Å². The Balaban J connectivity index is 0.00000312. The average molecular weight is 404 g/mol. The number of halogens is 2. The van der Waals surface area contributed by atoms with E-state index in [1.165, 1.54) is 5.56 Å². The molecule has 2 unspecified atom stereocenters. The highest BCUT2D eigenvalue weighted by molar-refractivity contribution is 5.85. The minimum atomic E-state index is -0.0625. The predicted octanol–water partition coefficient (Wildman–Crippen LogP) is 3.86. The summed E-state index contributed by atoms with van der Waals surface area (Å²) in [6, 6.07) is 10.8. The Bertz CT molecular complexity index is 503. The van der Waals surface area contributed by atoms with Crippen LogP contribution in [0.1, 0.15) is 58.1 Å². The van der Waals surface area contributed by atoms with Crippen LogP contribution in [0.5, 0.6) is 0 Å². The molecule has 1 aliphatic rings. The van der Waals surface area contributed by atoms with E-state index in [1.807, 2.05) is 6.07 Å². The summed E-state index contributed by atoms with van der Waals surface area (Å²) in [7, 11) is 0. The molecule has 1 aromatic carbocycles. The van der Waals surface area contributed by atoms with Crippen LogP contribution in [0.25, 0.3) is 0 Å². The number of benzene rings is 1. The van der Waals surface area contributed by atoms with Gasteiger partial charge in [-0.05, 0) is 44.7 Å². The minimum Gasteiger partial charge on any atom is -0.354 e. The molecule has 1 heterocycles. The molecular weight excluding hydrogens is 369 g/mol. The van der Waals surface area contributed by atoms with Gasteiger partial charge in [0.05, 0.1) is 5.92 Å². The average Bonchev–Trinajstić information content (AvgIpc) is 2.66. The molecule has 4 nitrogen and oxygen atoms in total. The van der Waals surface area contributed by atoms with Crippen molar-refractivity contribution < 1.29 is 4.79 Å². The van der Waals surface area contributed by atoms with Crippen molar-refractivity contribution in [3.63, 3.8) is 0 Å². The lowest BCUT2D eigenvalue weighted by Crippen LogP contribution is -2.54. The molecule has 150 valence electrons. The van der Waals surface area contributed by atoms with Gasteiger partial charge in [-0.25, -0.2) is 0 Å². The highest BCUT2D eigenvalue weighted by Crippen LogP contribution is 2.22. The highest BCUT2D eigenvalue weighted by Gasteiger charge is 2.30. The molecule has 2 atom stereocenters. The van der Waals surface area contributed by atoms with Crippen LogP contribution in [-0.2, 0) is 4.79 Å². The molecule has 0 spiro atoms.